The third-order valence-electron chi connectivity index (χ3n) is 4.61. The van der Waals surface area contributed by atoms with Crippen molar-refractivity contribution in [3.63, 3.8) is 0 Å². The smallest absolute Gasteiger partial charge is 0.251 e. The van der Waals surface area contributed by atoms with Crippen molar-refractivity contribution in [1.82, 2.24) is 10.2 Å². The fourth-order valence-electron chi connectivity index (χ4n) is 3.12. The van der Waals surface area contributed by atoms with Crippen LogP contribution in [0.1, 0.15) is 28.4 Å². The molecule has 5 nitrogen and oxygen atoms in total. The van der Waals surface area contributed by atoms with Crippen LogP contribution in [-0.2, 0) is 4.74 Å². The van der Waals surface area contributed by atoms with E-state index in [0.29, 0.717) is 12.1 Å². The normalized spacial score (nSPS) is 17.7. The predicted octanol–water partition coefficient (Wildman–Crippen LogP) is 2.89. The second-order valence-electron chi connectivity index (χ2n) is 6.41. The van der Waals surface area contributed by atoms with Gasteiger partial charge in [0.25, 0.3) is 5.91 Å². The van der Waals surface area contributed by atoms with Crippen LogP contribution in [0.5, 0.6) is 5.75 Å². The van der Waals surface area contributed by atoms with Crippen molar-refractivity contribution >= 4 is 5.91 Å². The SMILES string of the molecule is COc1ccc(C(=O)NCCCN2CCO[C@@H](c3ccccc3)C2)cc1. The molecule has 5 heteroatoms. The molecular weight excluding hydrogens is 328 g/mol. The lowest BCUT2D eigenvalue weighted by Gasteiger charge is -2.33. The molecule has 0 spiro atoms. The van der Waals surface area contributed by atoms with E-state index >= 15 is 0 Å². The Bertz CT molecular complexity index is 688. The number of carbonyl (C=O) groups excluding carboxylic acids is 1. The molecule has 138 valence electrons. The maximum Gasteiger partial charge on any atom is 0.251 e. The highest BCUT2D eigenvalue weighted by molar-refractivity contribution is 5.94. The van der Waals surface area contributed by atoms with Gasteiger partial charge in [-0.1, -0.05) is 30.3 Å². The Kier molecular flexibility index (Phi) is 6.63. The van der Waals surface area contributed by atoms with Crippen LogP contribution in [0.2, 0.25) is 0 Å². The van der Waals surface area contributed by atoms with E-state index in [9.17, 15) is 4.79 Å². The van der Waals surface area contributed by atoms with Crippen LogP contribution in [0.15, 0.2) is 54.6 Å². The first-order valence-corrected chi connectivity index (χ1v) is 9.07. The van der Waals surface area contributed by atoms with Gasteiger partial charge in [-0.3, -0.25) is 9.69 Å². The van der Waals surface area contributed by atoms with Crippen LogP contribution in [-0.4, -0.2) is 50.7 Å². The van der Waals surface area contributed by atoms with Gasteiger partial charge in [0.15, 0.2) is 0 Å². The molecule has 1 atom stereocenters. The van der Waals surface area contributed by atoms with Crippen molar-refractivity contribution in [2.75, 3.05) is 39.9 Å². The highest BCUT2D eigenvalue weighted by atomic mass is 16.5. The Hall–Kier alpha value is -2.37. The van der Waals surface area contributed by atoms with Gasteiger partial charge in [0.2, 0.25) is 0 Å². The van der Waals surface area contributed by atoms with E-state index in [-0.39, 0.29) is 12.0 Å². The number of benzene rings is 2. The second kappa shape index (κ2) is 9.36. The lowest BCUT2D eigenvalue weighted by molar-refractivity contribution is -0.0301. The number of methoxy groups -OCH3 is 1. The summed E-state index contributed by atoms with van der Waals surface area (Å²) in [6.45, 7) is 4.21. The number of rotatable bonds is 7. The zero-order valence-electron chi connectivity index (χ0n) is 15.2. The van der Waals surface area contributed by atoms with E-state index in [2.05, 4.69) is 22.3 Å². The Morgan fingerprint density at radius 2 is 1.96 bits per heavy atom. The molecule has 1 amide bonds. The second-order valence-corrected chi connectivity index (χ2v) is 6.41. The van der Waals surface area contributed by atoms with Crippen molar-refractivity contribution < 1.29 is 14.3 Å². The highest BCUT2D eigenvalue weighted by Crippen LogP contribution is 2.21. The van der Waals surface area contributed by atoms with Gasteiger partial charge in [0, 0.05) is 31.7 Å². The van der Waals surface area contributed by atoms with Crippen molar-refractivity contribution in [3.05, 3.63) is 65.7 Å². The summed E-state index contributed by atoms with van der Waals surface area (Å²) in [6, 6.07) is 17.5. The Morgan fingerprint density at radius 1 is 1.19 bits per heavy atom. The molecule has 0 bridgehead atoms. The molecule has 26 heavy (non-hydrogen) atoms. The van der Waals surface area contributed by atoms with Gasteiger partial charge in [0.05, 0.1) is 19.8 Å². The van der Waals surface area contributed by atoms with Gasteiger partial charge >= 0.3 is 0 Å². The van der Waals surface area contributed by atoms with Gasteiger partial charge in [-0.15, -0.1) is 0 Å². The molecule has 0 saturated carbocycles. The van der Waals surface area contributed by atoms with E-state index in [4.69, 9.17) is 9.47 Å². The summed E-state index contributed by atoms with van der Waals surface area (Å²) < 4.78 is 11.0. The fraction of sp³-hybridized carbons (Fsp3) is 0.381. The van der Waals surface area contributed by atoms with E-state index in [1.54, 1.807) is 31.4 Å². The minimum Gasteiger partial charge on any atom is -0.497 e. The molecule has 1 fully saturated rings. The number of morpholine rings is 1. The number of carbonyl (C=O) groups is 1. The minimum absolute atomic E-state index is 0.0446. The molecule has 0 aliphatic carbocycles. The lowest BCUT2D eigenvalue weighted by atomic mass is 10.1. The van der Waals surface area contributed by atoms with Crippen LogP contribution in [0.3, 0.4) is 0 Å². The number of ether oxygens (including phenoxy) is 2. The third-order valence-corrected chi connectivity index (χ3v) is 4.61. The van der Waals surface area contributed by atoms with Gasteiger partial charge in [-0.25, -0.2) is 0 Å². The Morgan fingerprint density at radius 3 is 2.69 bits per heavy atom. The molecule has 1 N–H and O–H groups in total. The van der Waals surface area contributed by atoms with Crippen LogP contribution in [0.25, 0.3) is 0 Å². The zero-order chi connectivity index (χ0) is 18.2. The van der Waals surface area contributed by atoms with Crippen LogP contribution in [0.4, 0.5) is 0 Å². The molecule has 0 aromatic heterocycles. The summed E-state index contributed by atoms with van der Waals surface area (Å²) in [7, 11) is 1.61. The molecule has 2 aromatic carbocycles. The monoisotopic (exact) mass is 354 g/mol. The number of amides is 1. The van der Waals surface area contributed by atoms with E-state index in [0.717, 1.165) is 38.4 Å². The maximum atomic E-state index is 12.1. The van der Waals surface area contributed by atoms with Crippen molar-refractivity contribution in [3.8, 4) is 5.75 Å². The number of hydrogen-bond acceptors (Lipinski definition) is 4. The molecule has 0 radical (unpaired) electrons. The minimum atomic E-state index is -0.0446. The summed E-state index contributed by atoms with van der Waals surface area (Å²) >= 11 is 0. The highest BCUT2D eigenvalue weighted by Gasteiger charge is 2.21. The Labute approximate surface area is 154 Å². The van der Waals surface area contributed by atoms with E-state index in [1.165, 1.54) is 5.56 Å². The third kappa shape index (κ3) is 5.07. The molecule has 1 saturated heterocycles. The average Bonchev–Trinajstić information content (AvgIpc) is 2.72. The number of hydrogen-bond donors (Lipinski definition) is 1. The molecule has 0 unspecified atom stereocenters. The van der Waals surface area contributed by atoms with E-state index in [1.807, 2.05) is 18.2 Å². The topological polar surface area (TPSA) is 50.8 Å². The summed E-state index contributed by atoms with van der Waals surface area (Å²) in [6.07, 6.45) is 1.06. The first-order chi connectivity index (χ1) is 12.8. The standard InChI is InChI=1S/C21H26N2O3/c1-25-19-10-8-18(9-11-19)21(24)22-12-5-13-23-14-15-26-20(16-23)17-6-3-2-4-7-17/h2-4,6-11,20H,5,12-16H2,1H3,(H,22,24)/t20-/m1/s1. The maximum absolute atomic E-state index is 12.1. The van der Waals surface area contributed by atoms with Crippen molar-refractivity contribution in [1.29, 1.82) is 0 Å². The lowest BCUT2D eigenvalue weighted by Crippen LogP contribution is -2.39. The summed E-state index contributed by atoms with van der Waals surface area (Å²) in [5, 5.41) is 2.98. The quantitative estimate of drug-likeness (QED) is 0.777. The molecule has 1 aliphatic rings. The average molecular weight is 354 g/mol. The number of nitrogens with one attached hydrogen (secondary N) is 1. The zero-order valence-corrected chi connectivity index (χ0v) is 15.2. The van der Waals surface area contributed by atoms with Gasteiger partial charge < -0.3 is 14.8 Å². The Balaban J connectivity index is 1.39. The summed E-state index contributed by atoms with van der Waals surface area (Å²) in [5.41, 5.74) is 1.88. The van der Waals surface area contributed by atoms with Crippen LogP contribution >= 0.6 is 0 Å². The first-order valence-electron chi connectivity index (χ1n) is 9.07. The van der Waals surface area contributed by atoms with E-state index < -0.39 is 0 Å². The first kappa shape index (κ1) is 18.4. The molecule has 3 rings (SSSR count). The van der Waals surface area contributed by atoms with Crippen molar-refractivity contribution in [2.45, 2.75) is 12.5 Å². The number of nitrogens with zero attached hydrogens (tertiary/aromatic N) is 1. The molecular formula is C21H26N2O3. The molecule has 1 aliphatic heterocycles. The molecule has 1 heterocycles. The summed E-state index contributed by atoms with van der Waals surface area (Å²) in [5.74, 6) is 0.707. The van der Waals surface area contributed by atoms with Gasteiger partial charge in [0.1, 0.15) is 5.75 Å². The fourth-order valence-corrected chi connectivity index (χ4v) is 3.12. The van der Waals surface area contributed by atoms with Gasteiger partial charge in [-0.05, 0) is 36.2 Å². The van der Waals surface area contributed by atoms with Gasteiger partial charge in [-0.2, -0.15) is 0 Å². The van der Waals surface area contributed by atoms with Crippen molar-refractivity contribution in [2.24, 2.45) is 0 Å². The summed E-state index contributed by atoms with van der Waals surface area (Å²) in [4.78, 5) is 14.6. The van der Waals surface area contributed by atoms with Crippen LogP contribution < -0.4 is 10.1 Å². The largest absolute Gasteiger partial charge is 0.497 e. The van der Waals surface area contributed by atoms with Crippen LogP contribution in [0, 0.1) is 0 Å². The molecule has 2 aromatic rings. The predicted molar refractivity (Wildman–Crippen MR) is 102 cm³/mol.